The molecule has 0 bridgehead atoms. The number of nitrogens with one attached hydrogen (secondary N) is 2. The highest BCUT2D eigenvalue weighted by atomic mass is 16.6. The lowest BCUT2D eigenvalue weighted by Crippen LogP contribution is -2.52. The van der Waals surface area contributed by atoms with Crippen molar-refractivity contribution in [3.05, 3.63) is 34.9 Å². The first-order valence-electron chi connectivity index (χ1n) is 8.87. The molecule has 2 aliphatic heterocycles. The van der Waals surface area contributed by atoms with Gasteiger partial charge in [0.2, 0.25) is 11.8 Å². The fourth-order valence-electron chi connectivity index (χ4n) is 3.23. The molecule has 2 heterocycles. The predicted molar refractivity (Wildman–Crippen MR) is 95.6 cm³/mol. The number of amides is 4. The second-order valence-electron chi connectivity index (χ2n) is 7.75. The average molecular weight is 373 g/mol. The molecule has 2 N–H and O–H groups in total. The molecule has 0 aromatic heterocycles. The molecule has 0 spiro atoms. The number of fused-ring (bicyclic) bond motifs is 1. The Morgan fingerprint density at radius 3 is 2.70 bits per heavy atom. The Labute approximate surface area is 157 Å². The van der Waals surface area contributed by atoms with Crippen LogP contribution in [0.2, 0.25) is 0 Å². The molecule has 0 aliphatic carbocycles. The van der Waals surface area contributed by atoms with Crippen molar-refractivity contribution < 1.29 is 23.9 Å². The fraction of sp³-hybridized carbons (Fsp3) is 0.474. The third kappa shape index (κ3) is 4.27. The zero-order valence-corrected chi connectivity index (χ0v) is 15.6. The second kappa shape index (κ2) is 7.02. The molecular formula is C19H23N3O5. The van der Waals surface area contributed by atoms with Crippen molar-refractivity contribution in [2.45, 2.75) is 58.3 Å². The van der Waals surface area contributed by atoms with Crippen molar-refractivity contribution in [1.29, 1.82) is 0 Å². The summed E-state index contributed by atoms with van der Waals surface area (Å²) in [7, 11) is 0. The molecule has 8 nitrogen and oxygen atoms in total. The molecule has 0 saturated carbocycles. The van der Waals surface area contributed by atoms with Gasteiger partial charge < -0.3 is 15.0 Å². The van der Waals surface area contributed by atoms with Gasteiger partial charge in [-0.3, -0.25) is 19.7 Å². The van der Waals surface area contributed by atoms with Crippen LogP contribution >= 0.6 is 0 Å². The lowest BCUT2D eigenvalue weighted by Gasteiger charge is -2.29. The number of carbonyl (C=O) groups is 4. The molecule has 1 unspecified atom stereocenters. The third-order valence-corrected chi connectivity index (χ3v) is 4.42. The minimum absolute atomic E-state index is 0.217. The van der Waals surface area contributed by atoms with Gasteiger partial charge in [0.25, 0.3) is 5.91 Å². The standard InChI is InChI=1S/C19H23N3O5/c1-19(2,3)27-18(26)20-9-11-4-5-13-12(8-11)10-22(17(13)25)14-6-7-15(23)21-16(14)24/h4-5,8,14H,6-7,9-10H2,1-3H3,(H,20,26)(H,21,23,24). The fourth-order valence-corrected chi connectivity index (χ4v) is 3.23. The van der Waals surface area contributed by atoms with Crippen LogP contribution in [-0.2, 0) is 27.4 Å². The Balaban J connectivity index is 1.66. The van der Waals surface area contributed by atoms with Crippen LogP contribution in [0, 0.1) is 0 Å². The molecule has 1 atom stereocenters. The molecule has 1 saturated heterocycles. The summed E-state index contributed by atoms with van der Waals surface area (Å²) in [4.78, 5) is 49.3. The minimum atomic E-state index is -0.633. The summed E-state index contributed by atoms with van der Waals surface area (Å²) in [5.41, 5.74) is 1.60. The summed E-state index contributed by atoms with van der Waals surface area (Å²) < 4.78 is 5.20. The number of imide groups is 1. The topological polar surface area (TPSA) is 105 Å². The monoisotopic (exact) mass is 373 g/mol. The lowest BCUT2D eigenvalue weighted by molar-refractivity contribution is -0.136. The summed E-state index contributed by atoms with van der Waals surface area (Å²) in [6, 6.07) is 4.68. The maximum Gasteiger partial charge on any atom is 0.407 e. The van der Waals surface area contributed by atoms with Crippen LogP contribution in [0.4, 0.5) is 4.79 Å². The van der Waals surface area contributed by atoms with Crippen molar-refractivity contribution >= 4 is 23.8 Å². The van der Waals surface area contributed by atoms with Crippen LogP contribution in [0.25, 0.3) is 0 Å². The lowest BCUT2D eigenvalue weighted by atomic mass is 10.0. The van der Waals surface area contributed by atoms with Crippen LogP contribution in [-0.4, -0.2) is 40.4 Å². The van der Waals surface area contributed by atoms with Gasteiger partial charge in [-0.1, -0.05) is 12.1 Å². The highest BCUT2D eigenvalue weighted by Crippen LogP contribution is 2.28. The Bertz CT molecular complexity index is 812. The van der Waals surface area contributed by atoms with Gasteiger partial charge in [0.15, 0.2) is 0 Å². The van der Waals surface area contributed by atoms with E-state index in [-0.39, 0.29) is 24.8 Å². The molecule has 1 aromatic carbocycles. The molecule has 0 radical (unpaired) electrons. The van der Waals surface area contributed by atoms with E-state index in [1.807, 2.05) is 6.07 Å². The van der Waals surface area contributed by atoms with Gasteiger partial charge in [0, 0.05) is 25.1 Å². The Kier molecular flexibility index (Phi) is 4.91. The predicted octanol–water partition coefficient (Wildman–Crippen LogP) is 1.47. The number of hydrogen-bond acceptors (Lipinski definition) is 5. The van der Waals surface area contributed by atoms with Crippen LogP contribution in [0.15, 0.2) is 18.2 Å². The van der Waals surface area contributed by atoms with Gasteiger partial charge in [-0.15, -0.1) is 0 Å². The minimum Gasteiger partial charge on any atom is -0.444 e. The molecular weight excluding hydrogens is 350 g/mol. The van der Waals surface area contributed by atoms with E-state index in [9.17, 15) is 19.2 Å². The maximum absolute atomic E-state index is 12.6. The van der Waals surface area contributed by atoms with E-state index in [4.69, 9.17) is 4.74 Å². The van der Waals surface area contributed by atoms with Gasteiger partial charge in [-0.05, 0) is 44.4 Å². The molecule has 3 rings (SSSR count). The maximum atomic E-state index is 12.6. The Hall–Kier alpha value is -2.90. The van der Waals surface area contributed by atoms with E-state index in [0.29, 0.717) is 18.5 Å². The Morgan fingerprint density at radius 1 is 1.30 bits per heavy atom. The Morgan fingerprint density at radius 2 is 2.04 bits per heavy atom. The van der Waals surface area contributed by atoms with Crippen molar-refractivity contribution in [3.8, 4) is 0 Å². The third-order valence-electron chi connectivity index (χ3n) is 4.42. The van der Waals surface area contributed by atoms with Crippen LogP contribution in [0.5, 0.6) is 0 Å². The number of alkyl carbamates (subject to hydrolysis) is 1. The van der Waals surface area contributed by atoms with Gasteiger partial charge in [0.1, 0.15) is 11.6 Å². The van der Waals surface area contributed by atoms with Crippen molar-refractivity contribution in [1.82, 2.24) is 15.5 Å². The van der Waals surface area contributed by atoms with E-state index in [0.717, 1.165) is 11.1 Å². The summed E-state index contributed by atoms with van der Waals surface area (Å²) in [6.07, 6.45) is 0.0446. The van der Waals surface area contributed by atoms with Crippen molar-refractivity contribution in [2.24, 2.45) is 0 Å². The van der Waals surface area contributed by atoms with E-state index in [1.165, 1.54) is 4.90 Å². The number of hydrogen-bond donors (Lipinski definition) is 2. The average Bonchev–Trinajstić information content (AvgIpc) is 2.88. The van der Waals surface area contributed by atoms with Crippen molar-refractivity contribution in [2.75, 3.05) is 0 Å². The molecule has 27 heavy (non-hydrogen) atoms. The molecule has 2 aliphatic rings. The summed E-state index contributed by atoms with van der Waals surface area (Å²) in [6.45, 7) is 5.95. The first-order valence-corrected chi connectivity index (χ1v) is 8.87. The van der Waals surface area contributed by atoms with Crippen LogP contribution in [0.3, 0.4) is 0 Å². The van der Waals surface area contributed by atoms with Crippen LogP contribution in [0.1, 0.15) is 55.1 Å². The molecule has 1 fully saturated rings. The van der Waals surface area contributed by atoms with Crippen LogP contribution < -0.4 is 10.6 Å². The number of rotatable bonds is 3. The highest BCUT2D eigenvalue weighted by molar-refractivity contribution is 6.05. The summed E-state index contributed by atoms with van der Waals surface area (Å²) in [5, 5.41) is 4.97. The van der Waals surface area contributed by atoms with E-state index in [2.05, 4.69) is 10.6 Å². The molecule has 144 valence electrons. The van der Waals surface area contributed by atoms with Gasteiger partial charge >= 0.3 is 6.09 Å². The van der Waals surface area contributed by atoms with Crippen molar-refractivity contribution in [3.63, 3.8) is 0 Å². The smallest absolute Gasteiger partial charge is 0.407 e. The van der Waals surface area contributed by atoms with Gasteiger partial charge in [0.05, 0.1) is 0 Å². The number of piperidine rings is 1. The zero-order chi connectivity index (χ0) is 19.8. The quantitative estimate of drug-likeness (QED) is 0.781. The second-order valence-corrected chi connectivity index (χ2v) is 7.75. The number of carbonyl (C=O) groups excluding carboxylic acids is 4. The van der Waals surface area contributed by atoms with Gasteiger partial charge in [-0.25, -0.2) is 4.79 Å². The summed E-state index contributed by atoms with van der Waals surface area (Å²) in [5.74, 6) is -0.957. The molecule has 4 amide bonds. The SMILES string of the molecule is CC(C)(C)OC(=O)NCc1ccc2c(c1)CN(C1CCC(=O)NC1=O)C2=O. The van der Waals surface area contributed by atoms with E-state index < -0.39 is 23.6 Å². The zero-order valence-electron chi connectivity index (χ0n) is 15.6. The largest absolute Gasteiger partial charge is 0.444 e. The normalized spacial score (nSPS) is 19.6. The number of ether oxygens (including phenoxy) is 1. The number of benzene rings is 1. The number of nitrogens with zero attached hydrogens (tertiary/aromatic N) is 1. The van der Waals surface area contributed by atoms with E-state index >= 15 is 0 Å². The molecule has 1 aromatic rings. The first kappa shape index (κ1) is 18.9. The molecule has 8 heteroatoms. The van der Waals surface area contributed by atoms with E-state index in [1.54, 1.807) is 32.9 Å². The first-order chi connectivity index (χ1) is 12.6. The highest BCUT2D eigenvalue weighted by Gasteiger charge is 2.39. The summed E-state index contributed by atoms with van der Waals surface area (Å²) >= 11 is 0. The van der Waals surface area contributed by atoms with Gasteiger partial charge in [-0.2, -0.15) is 0 Å².